The van der Waals surface area contributed by atoms with Gasteiger partial charge in [-0.15, -0.1) is 0 Å². The van der Waals surface area contributed by atoms with Gasteiger partial charge in [0.15, 0.2) is 0 Å². The van der Waals surface area contributed by atoms with Crippen LogP contribution in [-0.2, 0) is 11.3 Å². The fourth-order valence-electron chi connectivity index (χ4n) is 2.76. The third-order valence-corrected chi connectivity index (χ3v) is 4.17. The lowest BCUT2D eigenvalue weighted by atomic mass is 10.1. The van der Waals surface area contributed by atoms with Gasteiger partial charge in [-0.25, -0.2) is 4.39 Å². The van der Waals surface area contributed by atoms with E-state index in [1.165, 1.54) is 18.9 Å². The fourth-order valence-corrected chi connectivity index (χ4v) is 2.76. The summed E-state index contributed by atoms with van der Waals surface area (Å²) in [5, 5.41) is 3.35. The summed E-state index contributed by atoms with van der Waals surface area (Å²) in [4.78, 5) is 13.3. The van der Waals surface area contributed by atoms with Gasteiger partial charge in [0.1, 0.15) is 5.82 Å². The predicted molar refractivity (Wildman–Crippen MR) is 75.8 cm³/mol. The lowest BCUT2D eigenvalue weighted by molar-refractivity contribution is -0.121. The lowest BCUT2D eigenvalue weighted by Crippen LogP contribution is -2.28. The molecular formula is C15H20FN3O. The number of nitrogens with zero attached hydrogens (tertiary/aromatic N) is 1. The van der Waals surface area contributed by atoms with Crippen molar-refractivity contribution in [1.82, 2.24) is 5.32 Å². The van der Waals surface area contributed by atoms with Crippen LogP contribution in [0.1, 0.15) is 24.8 Å². The van der Waals surface area contributed by atoms with Crippen molar-refractivity contribution < 1.29 is 9.18 Å². The molecule has 0 spiro atoms. The van der Waals surface area contributed by atoms with E-state index in [1.54, 1.807) is 6.07 Å². The molecule has 3 N–H and O–H groups in total. The number of carbonyl (C=O) groups is 1. The molecule has 20 heavy (non-hydrogen) atoms. The molecule has 2 fully saturated rings. The third kappa shape index (κ3) is 2.77. The molecule has 108 valence electrons. The average molecular weight is 277 g/mol. The average Bonchev–Trinajstić information content (AvgIpc) is 3.11. The first kappa shape index (κ1) is 13.4. The Balaban J connectivity index is 1.77. The lowest BCUT2D eigenvalue weighted by Gasteiger charge is -2.22. The fraction of sp³-hybridized carbons (Fsp3) is 0.533. The Bertz CT molecular complexity index is 516. The monoisotopic (exact) mass is 277 g/mol. The predicted octanol–water partition coefficient (Wildman–Crippen LogP) is 1.39. The zero-order chi connectivity index (χ0) is 14.1. The summed E-state index contributed by atoms with van der Waals surface area (Å²) in [6, 6.07) is 5.69. The van der Waals surface area contributed by atoms with E-state index < -0.39 is 0 Å². The molecule has 1 aromatic carbocycles. The van der Waals surface area contributed by atoms with E-state index in [4.69, 9.17) is 5.73 Å². The van der Waals surface area contributed by atoms with Crippen LogP contribution in [0, 0.1) is 11.7 Å². The number of primary amides is 1. The maximum Gasteiger partial charge on any atom is 0.222 e. The molecule has 0 radical (unpaired) electrons. The molecule has 2 aliphatic rings. The third-order valence-electron chi connectivity index (χ3n) is 4.17. The molecule has 1 saturated heterocycles. The zero-order valence-electron chi connectivity index (χ0n) is 11.4. The van der Waals surface area contributed by atoms with Gasteiger partial charge in [0.05, 0.1) is 5.92 Å². The van der Waals surface area contributed by atoms with Gasteiger partial charge in [-0.2, -0.15) is 0 Å². The summed E-state index contributed by atoms with van der Waals surface area (Å²) in [5.74, 6) is -0.567. The van der Waals surface area contributed by atoms with E-state index in [9.17, 15) is 9.18 Å². The van der Waals surface area contributed by atoms with Crippen molar-refractivity contribution in [2.24, 2.45) is 11.7 Å². The van der Waals surface area contributed by atoms with Crippen molar-refractivity contribution in [2.45, 2.75) is 31.8 Å². The Kier molecular flexibility index (Phi) is 3.61. The Morgan fingerprint density at radius 1 is 1.40 bits per heavy atom. The Morgan fingerprint density at radius 3 is 2.85 bits per heavy atom. The summed E-state index contributed by atoms with van der Waals surface area (Å²) in [5.41, 5.74) is 6.95. The van der Waals surface area contributed by atoms with Crippen LogP contribution in [0.3, 0.4) is 0 Å². The molecule has 1 aliphatic carbocycles. The van der Waals surface area contributed by atoms with Gasteiger partial charge in [0.25, 0.3) is 0 Å². The first-order chi connectivity index (χ1) is 9.65. The normalized spacial score (nSPS) is 22.2. The zero-order valence-corrected chi connectivity index (χ0v) is 11.4. The van der Waals surface area contributed by atoms with E-state index in [1.807, 2.05) is 6.07 Å². The molecule has 0 aromatic heterocycles. The van der Waals surface area contributed by atoms with Crippen LogP contribution >= 0.6 is 0 Å². The van der Waals surface area contributed by atoms with Crippen molar-refractivity contribution in [3.63, 3.8) is 0 Å². The number of nitrogens with two attached hydrogens (primary N) is 1. The summed E-state index contributed by atoms with van der Waals surface area (Å²) in [6.45, 7) is 1.90. The highest BCUT2D eigenvalue weighted by Crippen LogP contribution is 2.29. The van der Waals surface area contributed by atoms with Gasteiger partial charge >= 0.3 is 0 Å². The quantitative estimate of drug-likeness (QED) is 0.855. The minimum Gasteiger partial charge on any atom is -0.370 e. The first-order valence-corrected chi connectivity index (χ1v) is 7.20. The molecule has 1 saturated carbocycles. The van der Waals surface area contributed by atoms with Crippen LogP contribution in [0.25, 0.3) is 0 Å². The molecule has 1 atom stereocenters. The number of rotatable bonds is 5. The highest BCUT2D eigenvalue weighted by molar-refractivity contribution is 5.78. The van der Waals surface area contributed by atoms with Crippen LogP contribution in [-0.4, -0.2) is 25.0 Å². The second-order valence-corrected chi connectivity index (χ2v) is 5.73. The molecule has 3 rings (SSSR count). The van der Waals surface area contributed by atoms with Crippen molar-refractivity contribution in [3.05, 3.63) is 29.6 Å². The van der Waals surface area contributed by atoms with Crippen molar-refractivity contribution >= 4 is 11.6 Å². The smallest absolute Gasteiger partial charge is 0.222 e. The summed E-state index contributed by atoms with van der Waals surface area (Å²) in [7, 11) is 0. The number of hydrogen-bond acceptors (Lipinski definition) is 3. The second kappa shape index (κ2) is 5.40. The number of benzene rings is 1. The highest BCUT2D eigenvalue weighted by atomic mass is 19.1. The Labute approximate surface area is 118 Å². The van der Waals surface area contributed by atoms with E-state index in [-0.39, 0.29) is 17.6 Å². The molecule has 1 aliphatic heterocycles. The molecule has 5 heteroatoms. The van der Waals surface area contributed by atoms with Crippen LogP contribution in [0.5, 0.6) is 0 Å². The van der Waals surface area contributed by atoms with Gasteiger partial charge in [-0.05, 0) is 31.4 Å². The summed E-state index contributed by atoms with van der Waals surface area (Å²) in [6.07, 6.45) is 3.11. The maximum absolute atomic E-state index is 14.1. The van der Waals surface area contributed by atoms with Gasteiger partial charge < -0.3 is 16.0 Å². The van der Waals surface area contributed by atoms with Gasteiger partial charge in [-0.1, -0.05) is 6.07 Å². The van der Waals surface area contributed by atoms with E-state index in [0.717, 1.165) is 18.7 Å². The topological polar surface area (TPSA) is 58.4 Å². The number of amides is 1. The van der Waals surface area contributed by atoms with Gasteiger partial charge in [-0.3, -0.25) is 4.79 Å². The molecule has 1 unspecified atom stereocenters. The number of hydrogen-bond donors (Lipinski definition) is 2. The SMILES string of the molecule is NC(=O)C1CCN(c2cccc(F)c2CNC2CC2)C1. The number of carbonyl (C=O) groups excluding carboxylic acids is 1. The number of halogens is 1. The van der Waals surface area contributed by atoms with E-state index >= 15 is 0 Å². The van der Waals surface area contributed by atoms with Crippen molar-refractivity contribution in [1.29, 1.82) is 0 Å². The molecule has 1 heterocycles. The molecule has 4 nitrogen and oxygen atoms in total. The number of anilines is 1. The van der Waals surface area contributed by atoms with Crippen LogP contribution in [0.2, 0.25) is 0 Å². The minimum atomic E-state index is -0.262. The van der Waals surface area contributed by atoms with Crippen LogP contribution in [0.15, 0.2) is 18.2 Å². The van der Waals surface area contributed by atoms with Crippen LogP contribution < -0.4 is 16.0 Å². The Morgan fingerprint density at radius 2 is 2.20 bits per heavy atom. The molecule has 1 amide bonds. The summed E-state index contributed by atoms with van der Waals surface area (Å²) < 4.78 is 14.1. The largest absolute Gasteiger partial charge is 0.370 e. The van der Waals surface area contributed by atoms with Crippen LogP contribution in [0.4, 0.5) is 10.1 Å². The minimum absolute atomic E-state index is 0.123. The molecule has 0 bridgehead atoms. The van der Waals surface area contributed by atoms with Crippen molar-refractivity contribution in [3.8, 4) is 0 Å². The van der Waals surface area contributed by atoms with Gasteiger partial charge in [0, 0.05) is 36.9 Å². The molecular weight excluding hydrogens is 257 g/mol. The van der Waals surface area contributed by atoms with Gasteiger partial charge in [0.2, 0.25) is 5.91 Å². The second-order valence-electron chi connectivity index (χ2n) is 5.73. The van der Waals surface area contributed by atoms with Crippen molar-refractivity contribution in [2.75, 3.05) is 18.0 Å². The molecule has 1 aromatic rings. The first-order valence-electron chi connectivity index (χ1n) is 7.20. The van der Waals surface area contributed by atoms with E-state index in [0.29, 0.717) is 24.7 Å². The Hall–Kier alpha value is -1.62. The van der Waals surface area contributed by atoms with E-state index in [2.05, 4.69) is 10.2 Å². The summed E-state index contributed by atoms with van der Waals surface area (Å²) >= 11 is 0. The highest BCUT2D eigenvalue weighted by Gasteiger charge is 2.29. The number of nitrogens with one attached hydrogen (secondary N) is 1. The maximum atomic E-state index is 14.1. The standard InChI is InChI=1S/C15H20FN3O/c16-13-2-1-3-14(12(13)8-18-11-4-5-11)19-7-6-10(9-19)15(17)20/h1-3,10-11,18H,4-9H2,(H2,17,20).